The van der Waals surface area contributed by atoms with Crippen LogP contribution in [0.15, 0.2) is 71.8 Å². The fourth-order valence-electron chi connectivity index (χ4n) is 3.01. The van der Waals surface area contributed by atoms with Gasteiger partial charge in [0.15, 0.2) is 6.61 Å². The van der Waals surface area contributed by atoms with Gasteiger partial charge < -0.3 is 15.4 Å². The molecule has 3 rings (SSSR count). The van der Waals surface area contributed by atoms with Crippen molar-refractivity contribution < 1.29 is 19.1 Å². The summed E-state index contributed by atoms with van der Waals surface area (Å²) in [6, 6.07) is 19.0. The smallest absolute Gasteiger partial charge is 0.329 e. The third-order valence-corrected chi connectivity index (χ3v) is 4.92. The summed E-state index contributed by atoms with van der Waals surface area (Å²) in [5.41, 5.74) is 5.71. The Morgan fingerprint density at radius 3 is 2.35 bits per heavy atom. The fourth-order valence-corrected chi connectivity index (χ4v) is 3.20. The summed E-state index contributed by atoms with van der Waals surface area (Å²) in [5, 5.41) is 9.51. The lowest BCUT2D eigenvalue weighted by atomic mass is 10.1. The Labute approximate surface area is 202 Å². The summed E-state index contributed by atoms with van der Waals surface area (Å²) in [7, 11) is 0. The molecule has 34 heavy (non-hydrogen) atoms. The number of amides is 3. The van der Waals surface area contributed by atoms with E-state index >= 15 is 0 Å². The third kappa shape index (κ3) is 6.91. The third-order valence-electron chi connectivity index (χ3n) is 4.68. The number of aryl methyl sites for hydroxylation is 2. The summed E-state index contributed by atoms with van der Waals surface area (Å²) >= 11 is 5.86. The van der Waals surface area contributed by atoms with Gasteiger partial charge in [-0.05, 0) is 55.3 Å². The second-order valence-electron chi connectivity index (χ2n) is 7.31. The zero-order valence-corrected chi connectivity index (χ0v) is 19.3. The molecule has 0 aliphatic rings. The van der Waals surface area contributed by atoms with Gasteiger partial charge in [-0.1, -0.05) is 48.0 Å². The number of rotatable bonds is 7. The van der Waals surface area contributed by atoms with Crippen LogP contribution in [0.2, 0.25) is 5.02 Å². The number of ether oxygens (including phenoxy) is 1. The molecule has 0 heterocycles. The summed E-state index contributed by atoms with van der Waals surface area (Å²) < 4.78 is 5.64. The van der Waals surface area contributed by atoms with E-state index in [9.17, 15) is 14.4 Å². The van der Waals surface area contributed by atoms with Gasteiger partial charge in [0.1, 0.15) is 5.75 Å². The molecule has 3 amide bonds. The maximum absolute atomic E-state index is 12.4. The van der Waals surface area contributed by atoms with Gasteiger partial charge in [0.25, 0.3) is 5.91 Å². The number of para-hydroxylation sites is 2. The number of carbonyl (C=O) groups is 3. The van der Waals surface area contributed by atoms with E-state index in [1.807, 2.05) is 32.0 Å². The average molecular weight is 479 g/mol. The van der Waals surface area contributed by atoms with Crippen LogP contribution in [0.3, 0.4) is 0 Å². The van der Waals surface area contributed by atoms with Gasteiger partial charge in [0.2, 0.25) is 0 Å². The first-order valence-electron chi connectivity index (χ1n) is 10.3. The van der Waals surface area contributed by atoms with Gasteiger partial charge in [-0.3, -0.25) is 14.4 Å². The van der Waals surface area contributed by atoms with Crippen LogP contribution in [0.4, 0.5) is 11.4 Å². The summed E-state index contributed by atoms with van der Waals surface area (Å²) in [5.74, 6) is -1.77. The van der Waals surface area contributed by atoms with Crippen LogP contribution in [0.25, 0.3) is 0 Å². The van der Waals surface area contributed by atoms with Gasteiger partial charge >= 0.3 is 11.8 Å². The molecule has 8 nitrogen and oxygen atoms in total. The summed E-state index contributed by atoms with van der Waals surface area (Å²) in [6.45, 7) is 3.62. The zero-order valence-electron chi connectivity index (χ0n) is 18.6. The standard InChI is InChI=1S/C25H23ClN4O4/c1-16-7-5-8-17(2)23(16)29-22(31)15-34-21-12-4-3-9-18(21)14-27-30-25(33)24(32)28-20-11-6-10-19(26)13-20/h3-14H,15H2,1-2H3,(H,28,32)(H,29,31)(H,30,33)/b27-14-. The topological polar surface area (TPSA) is 109 Å². The Morgan fingerprint density at radius 1 is 0.912 bits per heavy atom. The lowest BCUT2D eigenvalue weighted by Crippen LogP contribution is -2.32. The highest BCUT2D eigenvalue weighted by molar-refractivity contribution is 6.39. The van der Waals surface area contributed by atoms with Crippen LogP contribution in [0, 0.1) is 13.8 Å². The normalized spacial score (nSPS) is 10.6. The summed E-state index contributed by atoms with van der Waals surface area (Å²) in [4.78, 5) is 36.4. The molecule has 0 saturated heterocycles. The number of anilines is 2. The molecule has 0 spiro atoms. The van der Waals surface area contributed by atoms with Gasteiger partial charge in [0, 0.05) is 22.0 Å². The van der Waals surface area contributed by atoms with E-state index in [2.05, 4.69) is 21.2 Å². The molecule has 0 aromatic heterocycles. The molecule has 3 N–H and O–H groups in total. The van der Waals surface area contributed by atoms with Crippen LogP contribution < -0.4 is 20.8 Å². The van der Waals surface area contributed by atoms with Crippen molar-refractivity contribution in [2.24, 2.45) is 5.10 Å². The minimum Gasteiger partial charge on any atom is -0.483 e. The number of benzene rings is 3. The molecule has 0 unspecified atom stereocenters. The molecule has 3 aromatic rings. The largest absolute Gasteiger partial charge is 0.483 e. The van der Waals surface area contributed by atoms with E-state index in [0.717, 1.165) is 16.8 Å². The number of hydrogen-bond donors (Lipinski definition) is 3. The number of carbonyl (C=O) groups excluding carboxylic acids is 3. The molecular formula is C25H23ClN4O4. The van der Waals surface area contributed by atoms with Crippen molar-refractivity contribution in [3.63, 3.8) is 0 Å². The minimum atomic E-state index is -0.956. The van der Waals surface area contributed by atoms with E-state index in [4.69, 9.17) is 16.3 Å². The quantitative estimate of drug-likeness (QED) is 0.270. The van der Waals surface area contributed by atoms with Crippen molar-refractivity contribution in [3.8, 4) is 5.75 Å². The Morgan fingerprint density at radius 2 is 1.62 bits per heavy atom. The average Bonchev–Trinajstić information content (AvgIpc) is 2.81. The Hall–Kier alpha value is -4.17. The van der Waals surface area contributed by atoms with Gasteiger partial charge in [-0.2, -0.15) is 5.10 Å². The molecule has 0 aliphatic carbocycles. The molecule has 0 fully saturated rings. The lowest BCUT2D eigenvalue weighted by molar-refractivity contribution is -0.136. The van der Waals surface area contributed by atoms with Crippen molar-refractivity contribution in [3.05, 3.63) is 88.4 Å². The lowest BCUT2D eigenvalue weighted by Gasteiger charge is -2.13. The Bertz CT molecular complexity index is 1220. The highest BCUT2D eigenvalue weighted by atomic mass is 35.5. The highest BCUT2D eigenvalue weighted by Crippen LogP contribution is 2.20. The SMILES string of the molecule is Cc1cccc(C)c1NC(=O)COc1ccccc1/C=N\NC(=O)C(=O)Nc1cccc(Cl)c1. The van der Waals surface area contributed by atoms with Gasteiger partial charge in [-0.25, -0.2) is 5.43 Å². The molecule has 0 radical (unpaired) electrons. The second-order valence-corrected chi connectivity index (χ2v) is 7.74. The first kappa shape index (κ1) is 24.5. The maximum atomic E-state index is 12.4. The minimum absolute atomic E-state index is 0.215. The van der Waals surface area contributed by atoms with Crippen molar-refractivity contribution in [2.45, 2.75) is 13.8 Å². The molecule has 0 atom stereocenters. The monoisotopic (exact) mass is 478 g/mol. The summed E-state index contributed by atoms with van der Waals surface area (Å²) in [6.07, 6.45) is 1.32. The Balaban J connectivity index is 1.55. The highest BCUT2D eigenvalue weighted by Gasteiger charge is 2.13. The second kappa shape index (κ2) is 11.6. The number of nitrogens with zero attached hydrogens (tertiary/aromatic N) is 1. The maximum Gasteiger partial charge on any atom is 0.329 e. The predicted molar refractivity (Wildman–Crippen MR) is 132 cm³/mol. The number of nitrogens with one attached hydrogen (secondary N) is 3. The first-order valence-corrected chi connectivity index (χ1v) is 10.7. The number of hydrazone groups is 1. The van der Waals surface area contributed by atoms with Crippen molar-refractivity contribution in [1.82, 2.24) is 5.43 Å². The molecular weight excluding hydrogens is 456 g/mol. The molecule has 9 heteroatoms. The van der Waals surface area contributed by atoms with E-state index in [1.165, 1.54) is 12.3 Å². The number of halogens is 1. The van der Waals surface area contributed by atoms with Gasteiger partial charge in [-0.15, -0.1) is 0 Å². The van der Waals surface area contributed by atoms with E-state index in [1.54, 1.807) is 42.5 Å². The van der Waals surface area contributed by atoms with Crippen LogP contribution in [-0.4, -0.2) is 30.5 Å². The number of hydrogen-bond acceptors (Lipinski definition) is 5. The van der Waals surface area contributed by atoms with Crippen LogP contribution >= 0.6 is 11.6 Å². The molecule has 174 valence electrons. The predicted octanol–water partition coefficient (Wildman–Crippen LogP) is 4.06. The fraction of sp³-hybridized carbons (Fsp3) is 0.120. The Kier molecular flexibility index (Phi) is 8.37. The van der Waals surface area contributed by atoms with E-state index in [-0.39, 0.29) is 12.5 Å². The molecule has 3 aromatic carbocycles. The molecule has 0 aliphatic heterocycles. The first-order chi connectivity index (χ1) is 16.3. The van der Waals surface area contributed by atoms with E-state index in [0.29, 0.717) is 22.0 Å². The molecule has 0 saturated carbocycles. The van der Waals surface area contributed by atoms with E-state index < -0.39 is 11.8 Å². The van der Waals surface area contributed by atoms with Crippen molar-refractivity contribution in [2.75, 3.05) is 17.2 Å². The van der Waals surface area contributed by atoms with Gasteiger partial charge in [0.05, 0.1) is 6.21 Å². The zero-order chi connectivity index (χ0) is 24.5. The van der Waals surface area contributed by atoms with Crippen molar-refractivity contribution in [1.29, 1.82) is 0 Å². The van der Waals surface area contributed by atoms with Crippen LogP contribution in [0.1, 0.15) is 16.7 Å². The van der Waals surface area contributed by atoms with Crippen molar-refractivity contribution >= 4 is 46.9 Å². The van der Waals surface area contributed by atoms with Crippen LogP contribution in [-0.2, 0) is 14.4 Å². The van der Waals surface area contributed by atoms with Crippen LogP contribution in [0.5, 0.6) is 5.75 Å². The molecule has 0 bridgehead atoms.